The Kier molecular flexibility index (Phi) is 4.80. The smallest absolute Gasteiger partial charge is 0.224 e. The molecule has 7 heteroatoms. The Bertz CT molecular complexity index is 572. The van der Waals surface area contributed by atoms with Crippen LogP contribution >= 0.6 is 34.8 Å². The lowest BCUT2D eigenvalue weighted by Gasteiger charge is -2.09. The molecule has 0 unspecified atom stereocenters. The van der Waals surface area contributed by atoms with Gasteiger partial charge in [-0.1, -0.05) is 29.3 Å². The summed E-state index contributed by atoms with van der Waals surface area (Å²) in [5, 5.41) is 3.81. The van der Waals surface area contributed by atoms with E-state index in [4.69, 9.17) is 34.8 Å². The van der Waals surface area contributed by atoms with Gasteiger partial charge >= 0.3 is 0 Å². The van der Waals surface area contributed by atoms with Crippen molar-refractivity contribution in [1.29, 1.82) is 0 Å². The van der Waals surface area contributed by atoms with E-state index in [9.17, 15) is 4.39 Å². The van der Waals surface area contributed by atoms with Gasteiger partial charge in [0.05, 0.1) is 6.20 Å². The van der Waals surface area contributed by atoms with Gasteiger partial charge in [-0.25, -0.2) is 9.37 Å². The van der Waals surface area contributed by atoms with Crippen LogP contribution in [-0.4, -0.2) is 16.5 Å². The number of aromatic nitrogens is 2. The van der Waals surface area contributed by atoms with Crippen molar-refractivity contribution >= 4 is 40.6 Å². The molecular formula is C12H9Cl3FN3. The third-order valence-corrected chi connectivity index (χ3v) is 3.26. The summed E-state index contributed by atoms with van der Waals surface area (Å²) in [6, 6.07) is 4.58. The van der Waals surface area contributed by atoms with Crippen LogP contribution in [0.25, 0.3) is 0 Å². The summed E-state index contributed by atoms with van der Waals surface area (Å²) in [6.45, 7) is 0.424. The van der Waals surface area contributed by atoms with Crippen molar-refractivity contribution in [3.05, 3.63) is 51.1 Å². The maximum atomic E-state index is 13.5. The molecule has 19 heavy (non-hydrogen) atoms. The van der Waals surface area contributed by atoms with Gasteiger partial charge in [0, 0.05) is 17.1 Å². The van der Waals surface area contributed by atoms with Gasteiger partial charge in [-0.15, -0.1) is 0 Å². The zero-order valence-electron chi connectivity index (χ0n) is 9.63. The summed E-state index contributed by atoms with van der Waals surface area (Å²) in [5.74, 6) is 0.0789. The molecule has 0 spiro atoms. The van der Waals surface area contributed by atoms with Gasteiger partial charge < -0.3 is 5.32 Å². The third-order valence-electron chi connectivity index (χ3n) is 2.44. The highest BCUT2D eigenvalue weighted by atomic mass is 35.5. The zero-order valence-corrected chi connectivity index (χ0v) is 11.9. The minimum absolute atomic E-state index is 0.0934. The Morgan fingerprint density at radius 2 is 1.95 bits per heavy atom. The molecule has 0 aliphatic heterocycles. The lowest BCUT2D eigenvalue weighted by Crippen LogP contribution is -2.08. The van der Waals surface area contributed by atoms with Crippen LogP contribution in [0.2, 0.25) is 15.3 Å². The lowest BCUT2D eigenvalue weighted by atomic mass is 10.1. The molecule has 100 valence electrons. The molecule has 0 saturated carbocycles. The summed E-state index contributed by atoms with van der Waals surface area (Å²) >= 11 is 17.5. The fourth-order valence-corrected chi connectivity index (χ4v) is 2.10. The highest BCUT2D eigenvalue weighted by Gasteiger charge is 2.08. The van der Waals surface area contributed by atoms with Crippen LogP contribution in [0.4, 0.5) is 10.2 Å². The SMILES string of the molecule is Fc1cccc(Cl)c1CCNc1nc(Cl)ncc1Cl. The van der Waals surface area contributed by atoms with Gasteiger partial charge in [0.15, 0.2) is 0 Å². The highest BCUT2D eigenvalue weighted by molar-refractivity contribution is 6.33. The first-order chi connectivity index (χ1) is 9.08. The first-order valence-corrected chi connectivity index (χ1v) is 6.56. The average molecular weight is 321 g/mol. The number of rotatable bonds is 4. The molecule has 3 nitrogen and oxygen atoms in total. The molecule has 2 rings (SSSR count). The van der Waals surface area contributed by atoms with Gasteiger partial charge in [-0.05, 0) is 30.2 Å². The molecule has 0 bridgehead atoms. The molecule has 0 radical (unpaired) electrons. The van der Waals surface area contributed by atoms with Crippen LogP contribution in [0.15, 0.2) is 24.4 Å². The quantitative estimate of drug-likeness (QED) is 0.857. The molecule has 0 amide bonds. The van der Waals surface area contributed by atoms with Gasteiger partial charge in [-0.2, -0.15) is 4.98 Å². The largest absolute Gasteiger partial charge is 0.368 e. The molecular weight excluding hydrogens is 312 g/mol. The second kappa shape index (κ2) is 6.37. The van der Waals surface area contributed by atoms with Crippen LogP contribution in [0, 0.1) is 5.82 Å². The number of benzene rings is 1. The van der Waals surface area contributed by atoms with Crippen molar-refractivity contribution in [2.24, 2.45) is 0 Å². The van der Waals surface area contributed by atoms with Gasteiger partial charge in [0.1, 0.15) is 16.7 Å². The van der Waals surface area contributed by atoms with E-state index in [1.54, 1.807) is 12.1 Å². The Balaban J connectivity index is 2.02. The maximum Gasteiger partial charge on any atom is 0.224 e. The van der Waals surface area contributed by atoms with Crippen LogP contribution < -0.4 is 5.32 Å². The van der Waals surface area contributed by atoms with E-state index < -0.39 is 0 Å². The molecule has 0 saturated heterocycles. The van der Waals surface area contributed by atoms with E-state index in [1.165, 1.54) is 12.3 Å². The summed E-state index contributed by atoms with van der Waals surface area (Å²) in [6.07, 6.45) is 1.80. The lowest BCUT2D eigenvalue weighted by molar-refractivity contribution is 0.610. The number of anilines is 1. The fourth-order valence-electron chi connectivity index (χ4n) is 1.55. The van der Waals surface area contributed by atoms with Crippen molar-refractivity contribution < 1.29 is 4.39 Å². The Morgan fingerprint density at radius 3 is 2.68 bits per heavy atom. The van der Waals surface area contributed by atoms with Crippen molar-refractivity contribution in [1.82, 2.24) is 9.97 Å². The molecule has 0 aliphatic rings. The molecule has 1 heterocycles. The van der Waals surface area contributed by atoms with E-state index in [1.807, 2.05) is 0 Å². The van der Waals surface area contributed by atoms with Gasteiger partial charge in [0.25, 0.3) is 0 Å². The van der Waals surface area contributed by atoms with Crippen molar-refractivity contribution in [3.63, 3.8) is 0 Å². The van der Waals surface area contributed by atoms with E-state index in [0.717, 1.165) is 0 Å². The van der Waals surface area contributed by atoms with E-state index in [-0.39, 0.29) is 11.1 Å². The number of hydrogen-bond donors (Lipinski definition) is 1. The highest BCUT2D eigenvalue weighted by Crippen LogP contribution is 2.21. The Labute approximate surface area is 124 Å². The van der Waals surface area contributed by atoms with Gasteiger partial charge in [0.2, 0.25) is 5.28 Å². The summed E-state index contributed by atoms with van der Waals surface area (Å²) < 4.78 is 13.5. The first kappa shape index (κ1) is 14.3. The van der Waals surface area contributed by atoms with Crippen LogP contribution in [0.3, 0.4) is 0 Å². The van der Waals surface area contributed by atoms with E-state index in [0.29, 0.717) is 34.4 Å². The van der Waals surface area contributed by atoms with Crippen molar-refractivity contribution in [2.75, 3.05) is 11.9 Å². The molecule has 0 atom stereocenters. The number of nitrogens with zero attached hydrogens (tertiary/aromatic N) is 2. The maximum absolute atomic E-state index is 13.5. The minimum Gasteiger partial charge on any atom is -0.368 e. The molecule has 0 aliphatic carbocycles. The average Bonchev–Trinajstić information content (AvgIpc) is 2.37. The number of hydrogen-bond acceptors (Lipinski definition) is 3. The monoisotopic (exact) mass is 319 g/mol. The first-order valence-electron chi connectivity index (χ1n) is 5.42. The predicted molar refractivity (Wildman–Crippen MR) is 75.7 cm³/mol. The standard InChI is InChI=1S/C12H9Cl3FN3/c13-8-2-1-3-10(16)7(8)4-5-17-11-9(14)6-18-12(15)19-11/h1-3,6H,4-5H2,(H,17,18,19). The molecule has 1 aromatic heterocycles. The molecule has 1 aromatic carbocycles. The number of nitrogens with one attached hydrogen (secondary N) is 1. The van der Waals surface area contributed by atoms with E-state index in [2.05, 4.69) is 15.3 Å². The molecule has 2 aromatic rings. The minimum atomic E-state index is -0.332. The Hall–Kier alpha value is -1.10. The normalized spacial score (nSPS) is 10.5. The summed E-state index contributed by atoms with van der Waals surface area (Å²) in [5.41, 5.74) is 0.452. The molecule has 1 N–H and O–H groups in total. The van der Waals surface area contributed by atoms with Crippen LogP contribution in [0.5, 0.6) is 0 Å². The van der Waals surface area contributed by atoms with Crippen LogP contribution in [0.1, 0.15) is 5.56 Å². The van der Waals surface area contributed by atoms with E-state index >= 15 is 0 Å². The number of halogens is 4. The third kappa shape index (κ3) is 3.69. The fraction of sp³-hybridized carbons (Fsp3) is 0.167. The Morgan fingerprint density at radius 1 is 1.16 bits per heavy atom. The van der Waals surface area contributed by atoms with Gasteiger partial charge in [-0.3, -0.25) is 0 Å². The predicted octanol–water partition coefficient (Wildman–Crippen LogP) is 4.23. The molecule has 0 fully saturated rings. The zero-order chi connectivity index (χ0) is 13.8. The van der Waals surface area contributed by atoms with Crippen molar-refractivity contribution in [3.8, 4) is 0 Å². The van der Waals surface area contributed by atoms with Crippen LogP contribution in [-0.2, 0) is 6.42 Å². The summed E-state index contributed by atoms with van der Waals surface area (Å²) in [4.78, 5) is 7.67. The van der Waals surface area contributed by atoms with Crippen molar-refractivity contribution in [2.45, 2.75) is 6.42 Å². The summed E-state index contributed by atoms with van der Waals surface area (Å²) in [7, 11) is 0. The second-order valence-electron chi connectivity index (χ2n) is 3.71. The second-order valence-corrected chi connectivity index (χ2v) is 4.87. The topological polar surface area (TPSA) is 37.8 Å².